The number of aromatic nitrogens is 2. The summed E-state index contributed by atoms with van der Waals surface area (Å²) in [6.45, 7) is 6.79. The third kappa shape index (κ3) is 3.12. The molecule has 0 spiro atoms. The normalized spacial score (nSPS) is 28.1. The fourth-order valence-electron chi connectivity index (χ4n) is 2.73. The highest BCUT2D eigenvalue weighted by Crippen LogP contribution is 2.34. The average Bonchev–Trinajstić information content (AvgIpc) is 2.56. The van der Waals surface area contributed by atoms with Crippen LogP contribution in [0.1, 0.15) is 37.9 Å². The maximum absolute atomic E-state index is 10.8. The van der Waals surface area contributed by atoms with Crippen LogP contribution in [0.4, 0.5) is 0 Å². The molecule has 1 aromatic heterocycles. The number of hydrogen-bond donors (Lipinski definition) is 1. The van der Waals surface area contributed by atoms with Crippen LogP contribution >= 0.6 is 11.6 Å². The monoisotopic (exact) mass is 286 g/mol. The summed E-state index contributed by atoms with van der Waals surface area (Å²) in [4.78, 5) is 0. The number of nitrogens with zero attached hydrogens (tertiary/aromatic N) is 2. The molecule has 0 aromatic carbocycles. The molecule has 0 aliphatic carbocycles. The van der Waals surface area contributed by atoms with Gasteiger partial charge in [0, 0.05) is 32.1 Å². The smallest absolute Gasteiger partial charge is 0.130 e. The maximum atomic E-state index is 10.8. The first-order valence-corrected chi connectivity index (χ1v) is 7.22. The van der Waals surface area contributed by atoms with Crippen LogP contribution in [0.25, 0.3) is 0 Å². The van der Waals surface area contributed by atoms with E-state index in [9.17, 15) is 5.11 Å². The number of hydrogen-bond acceptors (Lipinski definition) is 3. The van der Waals surface area contributed by atoms with E-state index in [2.05, 4.69) is 18.9 Å². The number of aryl methyl sites for hydroxylation is 2. The summed E-state index contributed by atoms with van der Waals surface area (Å²) in [5, 5.41) is 15.8. The fraction of sp³-hybridized carbons (Fsp3) is 0.786. The lowest BCUT2D eigenvalue weighted by molar-refractivity contribution is -0.116. The first-order chi connectivity index (χ1) is 8.82. The molecule has 1 aliphatic rings. The Morgan fingerprint density at radius 1 is 1.58 bits per heavy atom. The highest BCUT2D eigenvalue weighted by Gasteiger charge is 2.37. The summed E-state index contributed by atoms with van der Waals surface area (Å²) in [7, 11) is 1.82. The molecular weight excluding hydrogens is 264 g/mol. The lowest BCUT2D eigenvalue weighted by Crippen LogP contribution is -2.44. The van der Waals surface area contributed by atoms with Crippen LogP contribution in [0.2, 0.25) is 5.15 Å². The van der Waals surface area contributed by atoms with Crippen molar-refractivity contribution in [2.45, 2.75) is 51.7 Å². The Labute approximate surface area is 119 Å². The molecular formula is C14H23ClN2O2. The topological polar surface area (TPSA) is 47.3 Å². The first-order valence-electron chi connectivity index (χ1n) is 6.84. The Kier molecular flexibility index (Phi) is 4.23. The van der Waals surface area contributed by atoms with Crippen molar-refractivity contribution in [3.05, 3.63) is 16.4 Å². The van der Waals surface area contributed by atoms with Gasteiger partial charge in [0.1, 0.15) is 5.15 Å². The second kappa shape index (κ2) is 5.43. The Morgan fingerprint density at radius 3 is 2.79 bits per heavy atom. The van der Waals surface area contributed by atoms with Gasteiger partial charge in [-0.05, 0) is 19.3 Å². The van der Waals surface area contributed by atoms with E-state index in [1.807, 2.05) is 14.0 Å². The largest absolute Gasteiger partial charge is 0.389 e. The summed E-state index contributed by atoms with van der Waals surface area (Å²) in [5.74, 6) is 0.414. The molecule has 0 saturated carbocycles. The van der Waals surface area contributed by atoms with Gasteiger partial charge in [-0.25, -0.2) is 0 Å². The van der Waals surface area contributed by atoms with E-state index in [0.29, 0.717) is 36.9 Å². The second-order valence-electron chi connectivity index (χ2n) is 5.99. The highest BCUT2D eigenvalue weighted by atomic mass is 35.5. The predicted molar refractivity (Wildman–Crippen MR) is 75.4 cm³/mol. The number of aliphatic hydroxyl groups is 1. The molecule has 2 heterocycles. The second-order valence-corrected chi connectivity index (χ2v) is 6.34. The minimum absolute atomic E-state index is 0.120. The molecule has 1 fully saturated rings. The predicted octanol–water partition coefficient (Wildman–Crippen LogP) is 2.49. The van der Waals surface area contributed by atoms with Crippen LogP contribution < -0.4 is 0 Å². The fourth-order valence-corrected chi connectivity index (χ4v) is 2.97. The van der Waals surface area contributed by atoms with Crippen molar-refractivity contribution in [2.24, 2.45) is 13.0 Å². The van der Waals surface area contributed by atoms with Crippen LogP contribution in [-0.2, 0) is 18.2 Å². The Bertz CT molecular complexity index is 459. The summed E-state index contributed by atoms with van der Waals surface area (Å²) < 4.78 is 7.39. The van der Waals surface area contributed by atoms with Gasteiger partial charge in [-0.2, -0.15) is 5.10 Å². The van der Waals surface area contributed by atoms with Crippen LogP contribution in [0.3, 0.4) is 0 Å². The zero-order chi connectivity index (χ0) is 14.2. The standard InChI is InChI=1S/C14H23ClN2O2/c1-9(2)12-8-14(18,5-6-19-12)7-11-10(3)16-17(4)13(11)15/h9,12,18H,5-8H2,1-4H3. The van der Waals surface area contributed by atoms with Crippen LogP contribution in [0, 0.1) is 12.8 Å². The van der Waals surface area contributed by atoms with Crippen molar-refractivity contribution in [1.29, 1.82) is 0 Å². The highest BCUT2D eigenvalue weighted by molar-refractivity contribution is 6.30. The van der Waals surface area contributed by atoms with Gasteiger partial charge >= 0.3 is 0 Å². The molecule has 1 aromatic rings. The molecule has 0 amide bonds. The molecule has 19 heavy (non-hydrogen) atoms. The minimum atomic E-state index is -0.732. The molecule has 0 radical (unpaired) electrons. The molecule has 108 valence electrons. The maximum Gasteiger partial charge on any atom is 0.130 e. The molecule has 4 nitrogen and oxygen atoms in total. The lowest BCUT2D eigenvalue weighted by Gasteiger charge is -2.38. The summed E-state index contributed by atoms with van der Waals surface area (Å²) in [5.41, 5.74) is 1.12. The van der Waals surface area contributed by atoms with Crippen LogP contribution in [-0.4, -0.2) is 33.2 Å². The SMILES string of the molecule is Cc1nn(C)c(Cl)c1CC1(O)CCOC(C(C)C)C1. The number of ether oxygens (including phenoxy) is 1. The molecule has 1 N–H and O–H groups in total. The number of halogens is 1. The molecule has 2 rings (SSSR count). The number of rotatable bonds is 3. The first kappa shape index (κ1) is 14.8. The van der Waals surface area contributed by atoms with Crippen molar-refractivity contribution >= 4 is 11.6 Å². The zero-order valence-electron chi connectivity index (χ0n) is 12.1. The van der Waals surface area contributed by atoms with Gasteiger partial charge < -0.3 is 9.84 Å². The van der Waals surface area contributed by atoms with E-state index in [1.165, 1.54) is 0 Å². The molecule has 2 atom stereocenters. The Morgan fingerprint density at radius 2 is 2.26 bits per heavy atom. The van der Waals surface area contributed by atoms with Crippen molar-refractivity contribution in [2.75, 3.05) is 6.61 Å². The van der Waals surface area contributed by atoms with Gasteiger partial charge in [0.2, 0.25) is 0 Å². The molecule has 0 bridgehead atoms. The van der Waals surface area contributed by atoms with Crippen molar-refractivity contribution in [1.82, 2.24) is 9.78 Å². The summed E-state index contributed by atoms with van der Waals surface area (Å²) in [6.07, 6.45) is 1.99. The Balaban J connectivity index is 2.16. The van der Waals surface area contributed by atoms with Gasteiger partial charge in [0.25, 0.3) is 0 Å². The Hall–Kier alpha value is -0.580. The van der Waals surface area contributed by atoms with Gasteiger partial charge in [-0.3, -0.25) is 4.68 Å². The average molecular weight is 287 g/mol. The van der Waals surface area contributed by atoms with E-state index in [-0.39, 0.29) is 6.10 Å². The molecule has 2 unspecified atom stereocenters. The van der Waals surface area contributed by atoms with Crippen molar-refractivity contribution in [3.8, 4) is 0 Å². The van der Waals surface area contributed by atoms with Crippen LogP contribution in [0.5, 0.6) is 0 Å². The van der Waals surface area contributed by atoms with Crippen molar-refractivity contribution < 1.29 is 9.84 Å². The molecule has 5 heteroatoms. The van der Waals surface area contributed by atoms with Gasteiger partial charge in [0.05, 0.1) is 17.4 Å². The molecule has 1 aliphatic heterocycles. The van der Waals surface area contributed by atoms with E-state index < -0.39 is 5.60 Å². The van der Waals surface area contributed by atoms with E-state index in [1.54, 1.807) is 4.68 Å². The third-order valence-electron chi connectivity index (χ3n) is 4.00. The third-order valence-corrected chi connectivity index (χ3v) is 4.47. The summed E-state index contributed by atoms with van der Waals surface area (Å²) in [6, 6.07) is 0. The minimum Gasteiger partial charge on any atom is -0.389 e. The van der Waals surface area contributed by atoms with E-state index in [4.69, 9.17) is 16.3 Å². The van der Waals surface area contributed by atoms with Gasteiger partial charge in [-0.1, -0.05) is 25.4 Å². The van der Waals surface area contributed by atoms with Gasteiger partial charge in [-0.15, -0.1) is 0 Å². The molecule has 1 saturated heterocycles. The van der Waals surface area contributed by atoms with Crippen LogP contribution in [0.15, 0.2) is 0 Å². The van der Waals surface area contributed by atoms with Gasteiger partial charge in [0.15, 0.2) is 0 Å². The zero-order valence-corrected chi connectivity index (χ0v) is 12.9. The lowest BCUT2D eigenvalue weighted by atomic mass is 9.82. The quantitative estimate of drug-likeness (QED) is 0.929. The summed E-state index contributed by atoms with van der Waals surface area (Å²) >= 11 is 6.25. The van der Waals surface area contributed by atoms with E-state index >= 15 is 0 Å². The van der Waals surface area contributed by atoms with Crippen molar-refractivity contribution in [3.63, 3.8) is 0 Å². The van der Waals surface area contributed by atoms with E-state index in [0.717, 1.165) is 11.3 Å².